The van der Waals surface area contributed by atoms with E-state index in [-0.39, 0.29) is 11.5 Å². The van der Waals surface area contributed by atoms with Crippen LogP contribution in [0.5, 0.6) is 0 Å². The molecule has 0 spiro atoms. The lowest BCUT2D eigenvalue weighted by atomic mass is 10.2. The van der Waals surface area contributed by atoms with Crippen LogP contribution in [0.3, 0.4) is 0 Å². The van der Waals surface area contributed by atoms with Gasteiger partial charge in [-0.1, -0.05) is 17.8 Å². The van der Waals surface area contributed by atoms with Crippen molar-refractivity contribution in [1.29, 1.82) is 0 Å². The summed E-state index contributed by atoms with van der Waals surface area (Å²) in [7, 11) is 0. The minimum atomic E-state index is 0.0795. The molecule has 0 aliphatic heterocycles. The highest BCUT2D eigenvalue weighted by Gasteiger charge is 2.18. The first-order valence-corrected chi connectivity index (χ1v) is 9.55. The fraction of sp³-hybridized carbons (Fsp3) is 0.353. The van der Waals surface area contributed by atoms with E-state index < -0.39 is 0 Å². The predicted molar refractivity (Wildman–Crippen MR) is 97.0 cm³/mol. The lowest BCUT2D eigenvalue weighted by molar-refractivity contribution is 0.102. The molecule has 126 valence electrons. The molecule has 5 nitrogen and oxygen atoms in total. The number of hydrogen-bond donors (Lipinski definition) is 0. The maximum Gasteiger partial charge on any atom is 0.277 e. The summed E-state index contributed by atoms with van der Waals surface area (Å²) in [6.07, 6.45) is 0. The summed E-state index contributed by atoms with van der Waals surface area (Å²) in [5.41, 5.74) is 2.89. The molecule has 0 N–H and O–H groups in total. The average Bonchev–Trinajstić information content (AvgIpc) is 3.24. The van der Waals surface area contributed by atoms with Crippen LogP contribution in [0.15, 0.2) is 33.2 Å². The molecule has 0 bridgehead atoms. The van der Waals surface area contributed by atoms with Gasteiger partial charge in [-0.3, -0.25) is 4.79 Å². The van der Waals surface area contributed by atoms with Crippen molar-refractivity contribution < 1.29 is 9.21 Å². The Morgan fingerprint density at radius 3 is 2.79 bits per heavy atom. The van der Waals surface area contributed by atoms with Crippen LogP contribution in [0, 0.1) is 13.8 Å². The highest BCUT2D eigenvalue weighted by atomic mass is 32.2. The summed E-state index contributed by atoms with van der Waals surface area (Å²) in [6.45, 7) is 8.26. The van der Waals surface area contributed by atoms with Crippen LogP contribution in [0.1, 0.15) is 41.6 Å². The van der Waals surface area contributed by atoms with Crippen molar-refractivity contribution in [3.8, 4) is 10.8 Å². The van der Waals surface area contributed by atoms with E-state index in [0.717, 1.165) is 21.8 Å². The van der Waals surface area contributed by atoms with Crippen LogP contribution in [-0.2, 0) is 0 Å². The number of hydrogen-bond acceptors (Lipinski definition) is 6. The molecule has 3 aromatic rings. The summed E-state index contributed by atoms with van der Waals surface area (Å²) >= 11 is 2.82. The first kappa shape index (κ1) is 17.0. The van der Waals surface area contributed by atoms with Crippen molar-refractivity contribution in [2.45, 2.75) is 39.0 Å². The lowest BCUT2D eigenvalue weighted by Gasteiger charge is -2.13. The third kappa shape index (κ3) is 3.32. The van der Waals surface area contributed by atoms with E-state index in [1.54, 1.807) is 11.3 Å². The zero-order valence-corrected chi connectivity index (χ0v) is 15.7. The smallest absolute Gasteiger partial charge is 0.277 e. The van der Waals surface area contributed by atoms with E-state index >= 15 is 0 Å². The third-order valence-corrected chi connectivity index (χ3v) is 5.44. The van der Waals surface area contributed by atoms with Crippen LogP contribution in [0.2, 0.25) is 0 Å². The number of aryl methyl sites for hydroxylation is 1. The molecule has 3 heterocycles. The van der Waals surface area contributed by atoms with Crippen molar-refractivity contribution in [2.75, 3.05) is 5.75 Å². The quantitative estimate of drug-likeness (QED) is 0.467. The Morgan fingerprint density at radius 1 is 1.38 bits per heavy atom. The number of carbonyl (C=O) groups is 1. The summed E-state index contributed by atoms with van der Waals surface area (Å²) in [5.74, 6) is 0.864. The number of rotatable bonds is 6. The van der Waals surface area contributed by atoms with Gasteiger partial charge in [0, 0.05) is 23.0 Å². The second-order valence-electron chi connectivity index (χ2n) is 5.81. The first-order valence-electron chi connectivity index (χ1n) is 7.69. The molecule has 7 heteroatoms. The maximum absolute atomic E-state index is 12.5. The Kier molecular flexibility index (Phi) is 4.91. The number of nitrogens with zero attached hydrogens (tertiary/aromatic N) is 3. The fourth-order valence-corrected chi connectivity index (χ4v) is 4.12. The van der Waals surface area contributed by atoms with Gasteiger partial charge in [-0.15, -0.1) is 21.5 Å². The summed E-state index contributed by atoms with van der Waals surface area (Å²) in [5, 5.41) is 10.4. The number of ketones is 1. The van der Waals surface area contributed by atoms with E-state index in [1.807, 2.05) is 37.4 Å². The van der Waals surface area contributed by atoms with Gasteiger partial charge in [0.2, 0.25) is 0 Å². The van der Waals surface area contributed by atoms with Gasteiger partial charge in [-0.05, 0) is 45.2 Å². The summed E-state index contributed by atoms with van der Waals surface area (Å²) < 4.78 is 7.79. The van der Waals surface area contributed by atoms with E-state index in [2.05, 4.69) is 28.6 Å². The molecular weight excluding hydrogens is 342 g/mol. The fourth-order valence-electron chi connectivity index (χ4n) is 2.83. The van der Waals surface area contributed by atoms with E-state index in [1.165, 1.54) is 11.8 Å². The Morgan fingerprint density at radius 2 is 2.17 bits per heavy atom. The summed E-state index contributed by atoms with van der Waals surface area (Å²) in [4.78, 5) is 13.5. The molecular formula is C17H19N3O2S2. The van der Waals surface area contributed by atoms with Crippen LogP contribution in [0.25, 0.3) is 10.8 Å². The van der Waals surface area contributed by atoms with Gasteiger partial charge in [-0.25, -0.2) is 0 Å². The highest BCUT2D eigenvalue weighted by molar-refractivity contribution is 7.99. The third-order valence-electron chi connectivity index (χ3n) is 3.77. The van der Waals surface area contributed by atoms with Crippen LogP contribution >= 0.6 is 23.1 Å². The molecule has 0 aliphatic rings. The normalized spacial score (nSPS) is 11.4. The molecule has 0 fully saturated rings. The van der Waals surface area contributed by atoms with Crippen LogP contribution in [0.4, 0.5) is 0 Å². The largest absolute Gasteiger partial charge is 0.410 e. The van der Waals surface area contributed by atoms with Gasteiger partial charge in [-0.2, -0.15) is 0 Å². The summed E-state index contributed by atoms with van der Waals surface area (Å²) in [6, 6.07) is 6.16. The molecule has 0 aromatic carbocycles. The standard InChI is InChI=1S/C17H19N3O2S2/c1-10(2)20-11(3)8-13(12(20)4)14(21)9-24-17-19-18-16(22-17)15-6-5-7-23-15/h5-8,10H,9H2,1-4H3. The van der Waals surface area contributed by atoms with Gasteiger partial charge in [0.1, 0.15) is 0 Å². The Hall–Kier alpha value is -1.86. The van der Waals surface area contributed by atoms with Crippen LogP contribution in [-0.4, -0.2) is 26.3 Å². The number of thiophene rings is 1. The number of Topliss-reactive ketones (excluding diaryl/α,β-unsaturated/α-hetero) is 1. The van der Waals surface area contributed by atoms with Crippen LogP contribution < -0.4 is 0 Å². The van der Waals surface area contributed by atoms with E-state index in [9.17, 15) is 4.79 Å². The molecule has 0 saturated heterocycles. The Labute approximate surface area is 149 Å². The molecule has 24 heavy (non-hydrogen) atoms. The zero-order valence-electron chi connectivity index (χ0n) is 14.1. The van der Waals surface area contributed by atoms with E-state index in [0.29, 0.717) is 17.2 Å². The molecule has 0 atom stereocenters. The minimum absolute atomic E-state index is 0.0795. The predicted octanol–water partition coefficient (Wildman–Crippen LogP) is 4.77. The van der Waals surface area contributed by atoms with Gasteiger partial charge >= 0.3 is 0 Å². The zero-order chi connectivity index (χ0) is 17.3. The van der Waals surface area contributed by atoms with Gasteiger partial charge < -0.3 is 8.98 Å². The van der Waals surface area contributed by atoms with E-state index in [4.69, 9.17) is 4.42 Å². The SMILES string of the molecule is Cc1cc(C(=O)CSc2nnc(-c3cccs3)o2)c(C)n1C(C)C. The molecule has 3 aromatic heterocycles. The first-order chi connectivity index (χ1) is 11.5. The molecule has 0 amide bonds. The highest BCUT2D eigenvalue weighted by Crippen LogP contribution is 2.27. The minimum Gasteiger partial charge on any atom is -0.410 e. The average molecular weight is 361 g/mol. The molecule has 0 aliphatic carbocycles. The Bertz CT molecular complexity index is 847. The van der Waals surface area contributed by atoms with Gasteiger partial charge in [0.15, 0.2) is 5.78 Å². The van der Waals surface area contributed by atoms with Crippen molar-refractivity contribution in [1.82, 2.24) is 14.8 Å². The molecule has 0 unspecified atom stereocenters. The number of carbonyl (C=O) groups excluding carboxylic acids is 1. The number of thioether (sulfide) groups is 1. The van der Waals surface area contributed by atoms with Crippen molar-refractivity contribution in [3.63, 3.8) is 0 Å². The van der Waals surface area contributed by atoms with Crippen molar-refractivity contribution >= 4 is 28.9 Å². The second kappa shape index (κ2) is 6.94. The Balaban J connectivity index is 1.69. The van der Waals surface area contributed by atoms with Gasteiger partial charge in [0.25, 0.3) is 11.1 Å². The van der Waals surface area contributed by atoms with Crippen molar-refractivity contribution in [3.05, 3.63) is 40.5 Å². The van der Waals surface area contributed by atoms with Crippen molar-refractivity contribution in [2.24, 2.45) is 0 Å². The number of aromatic nitrogens is 3. The molecule has 0 radical (unpaired) electrons. The molecule has 0 saturated carbocycles. The monoisotopic (exact) mass is 361 g/mol. The molecule has 3 rings (SSSR count). The van der Waals surface area contributed by atoms with Gasteiger partial charge in [0.05, 0.1) is 10.6 Å². The lowest BCUT2D eigenvalue weighted by Crippen LogP contribution is -2.08. The maximum atomic E-state index is 12.5. The topological polar surface area (TPSA) is 60.9 Å². The second-order valence-corrected chi connectivity index (χ2v) is 7.69.